The van der Waals surface area contributed by atoms with Crippen LogP contribution in [0, 0.1) is 0 Å². The number of anilines is 1. The molecule has 0 aromatic heterocycles. The van der Waals surface area contributed by atoms with E-state index in [2.05, 4.69) is 19.2 Å². The molecule has 104 valence electrons. The Morgan fingerprint density at radius 1 is 1.32 bits per heavy atom. The second kappa shape index (κ2) is 6.33. The number of likely N-dealkylation sites (tertiary alicyclic amines) is 1. The summed E-state index contributed by atoms with van der Waals surface area (Å²) in [5, 5.41) is 3.02. The highest BCUT2D eigenvalue weighted by Gasteiger charge is 2.28. The Kier molecular flexibility index (Phi) is 4.75. The van der Waals surface area contributed by atoms with Crippen LogP contribution in [0.25, 0.3) is 0 Å². The number of benzene rings is 1. The monoisotopic (exact) mass is 278 g/mol. The second-order valence-electron chi connectivity index (χ2n) is 5.20. The summed E-state index contributed by atoms with van der Waals surface area (Å²) >= 11 is 1.68. The highest BCUT2D eigenvalue weighted by Crippen LogP contribution is 2.24. The number of hydrogen-bond acceptors (Lipinski definition) is 2. The Balaban J connectivity index is 2.07. The molecule has 1 heterocycles. The zero-order chi connectivity index (χ0) is 13.8. The molecule has 19 heavy (non-hydrogen) atoms. The topological polar surface area (TPSA) is 32.3 Å². The Morgan fingerprint density at radius 3 is 2.63 bits per heavy atom. The average Bonchev–Trinajstić information content (AvgIpc) is 2.38. The number of rotatable bonds is 2. The Morgan fingerprint density at radius 2 is 2.00 bits per heavy atom. The maximum atomic E-state index is 12.4. The fraction of sp³-hybridized carbons (Fsp3) is 0.533. The summed E-state index contributed by atoms with van der Waals surface area (Å²) in [4.78, 5) is 15.5. The van der Waals surface area contributed by atoms with Gasteiger partial charge >= 0.3 is 6.03 Å². The van der Waals surface area contributed by atoms with Gasteiger partial charge in [0.2, 0.25) is 0 Å². The predicted octanol–water partition coefficient (Wildman–Crippen LogP) is 4.20. The van der Waals surface area contributed by atoms with Gasteiger partial charge in [0.15, 0.2) is 0 Å². The molecule has 1 aromatic rings. The zero-order valence-corrected chi connectivity index (χ0v) is 12.7. The summed E-state index contributed by atoms with van der Waals surface area (Å²) in [5.74, 6) is 0. The van der Waals surface area contributed by atoms with Crippen LogP contribution in [-0.4, -0.2) is 29.3 Å². The molecule has 2 unspecified atom stereocenters. The van der Waals surface area contributed by atoms with Crippen LogP contribution in [0.3, 0.4) is 0 Å². The van der Waals surface area contributed by atoms with Gasteiger partial charge in [-0.1, -0.05) is 6.07 Å². The van der Waals surface area contributed by atoms with E-state index in [0.717, 1.165) is 23.4 Å². The van der Waals surface area contributed by atoms with Crippen molar-refractivity contribution in [2.45, 2.75) is 50.1 Å². The van der Waals surface area contributed by atoms with Crippen molar-refractivity contribution in [3.8, 4) is 0 Å². The van der Waals surface area contributed by atoms with E-state index < -0.39 is 0 Å². The minimum Gasteiger partial charge on any atom is -0.319 e. The van der Waals surface area contributed by atoms with E-state index >= 15 is 0 Å². The first-order valence-corrected chi connectivity index (χ1v) is 8.07. The SMILES string of the molecule is CSc1cccc(NC(=O)N2C(C)CCCC2C)c1. The number of nitrogens with zero attached hydrogens (tertiary/aromatic N) is 1. The van der Waals surface area contributed by atoms with E-state index in [-0.39, 0.29) is 6.03 Å². The van der Waals surface area contributed by atoms with Crippen molar-refractivity contribution in [3.63, 3.8) is 0 Å². The molecule has 1 aromatic carbocycles. The first kappa shape index (κ1) is 14.3. The third-order valence-corrected chi connectivity index (χ3v) is 4.47. The largest absolute Gasteiger partial charge is 0.322 e. The van der Waals surface area contributed by atoms with Crippen LogP contribution in [0.2, 0.25) is 0 Å². The minimum atomic E-state index is 0.0259. The molecule has 3 nitrogen and oxygen atoms in total. The van der Waals surface area contributed by atoms with E-state index in [9.17, 15) is 4.79 Å². The van der Waals surface area contributed by atoms with Crippen molar-refractivity contribution in [2.24, 2.45) is 0 Å². The average molecular weight is 278 g/mol. The van der Waals surface area contributed by atoms with E-state index in [1.54, 1.807) is 11.8 Å². The first-order valence-electron chi connectivity index (χ1n) is 6.85. The van der Waals surface area contributed by atoms with E-state index in [4.69, 9.17) is 0 Å². The van der Waals surface area contributed by atoms with Crippen molar-refractivity contribution in [3.05, 3.63) is 24.3 Å². The number of amides is 2. The van der Waals surface area contributed by atoms with Crippen molar-refractivity contribution in [1.82, 2.24) is 4.90 Å². The van der Waals surface area contributed by atoms with Gasteiger partial charge in [-0.3, -0.25) is 0 Å². The molecular formula is C15H22N2OS. The molecule has 1 saturated heterocycles. The molecule has 2 rings (SSSR count). The van der Waals surface area contributed by atoms with Crippen LogP contribution in [0.5, 0.6) is 0 Å². The molecule has 1 N–H and O–H groups in total. The maximum absolute atomic E-state index is 12.4. The van der Waals surface area contributed by atoms with Crippen LogP contribution in [-0.2, 0) is 0 Å². The van der Waals surface area contributed by atoms with Gasteiger partial charge < -0.3 is 10.2 Å². The molecule has 1 aliphatic heterocycles. The lowest BCUT2D eigenvalue weighted by Crippen LogP contribution is -2.49. The van der Waals surface area contributed by atoms with Gasteiger partial charge in [-0.25, -0.2) is 4.79 Å². The molecule has 2 amide bonds. The van der Waals surface area contributed by atoms with Crippen LogP contribution >= 0.6 is 11.8 Å². The number of thioether (sulfide) groups is 1. The Hall–Kier alpha value is -1.16. The minimum absolute atomic E-state index is 0.0259. The molecule has 0 spiro atoms. The molecule has 4 heteroatoms. The smallest absolute Gasteiger partial charge is 0.319 e. The highest BCUT2D eigenvalue weighted by molar-refractivity contribution is 7.98. The van der Waals surface area contributed by atoms with E-state index in [1.165, 1.54) is 6.42 Å². The summed E-state index contributed by atoms with van der Waals surface area (Å²) in [6.45, 7) is 4.26. The fourth-order valence-electron chi connectivity index (χ4n) is 2.71. The van der Waals surface area contributed by atoms with Gasteiger partial charge in [0, 0.05) is 22.7 Å². The van der Waals surface area contributed by atoms with E-state index in [0.29, 0.717) is 12.1 Å². The molecule has 0 saturated carbocycles. The lowest BCUT2D eigenvalue weighted by atomic mass is 9.98. The second-order valence-corrected chi connectivity index (χ2v) is 6.08. The van der Waals surface area contributed by atoms with Crippen molar-refractivity contribution in [2.75, 3.05) is 11.6 Å². The third-order valence-electron chi connectivity index (χ3n) is 3.75. The standard InChI is InChI=1S/C15H22N2OS/c1-11-6-4-7-12(2)17(11)15(18)16-13-8-5-9-14(10-13)19-3/h5,8-12H,4,6-7H2,1-3H3,(H,16,18). The predicted molar refractivity (Wildman–Crippen MR) is 81.9 cm³/mol. The summed E-state index contributed by atoms with van der Waals surface area (Å²) in [5.41, 5.74) is 0.877. The first-order chi connectivity index (χ1) is 9.11. The zero-order valence-electron chi connectivity index (χ0n) is 11.8. The van der Waals surface area contributed by atoms with Crippen LogP contribution in [0.1, 0.15) is 33.1 Å². The van der Waals surface area contributed by atoms with Gasteiger partial charge in [0.25, 0.3) is 0 Å². The summed E-state index contributed by atoms with van der Waals surface area (Å²) in [6.07, 6.45) is 5.45. The normalized spacial score (nSPS) is 23.2. The van der Waals surface area contributed by atoms with Crippen LogP contribution < -0.4 is 5.32 Å². The molecule has 0 radical (unpaired) electrons. The number of urea groups is 1. The lowest BCUT2D eigenvalue weighted by Gasteiger charge is -2.38. The number of nitrogens with one attached hydrogen (secondary N) is 1. The van der Waals surface area contributed by atoms with Crippen molar-refractivity contribution in [1.29, 1.82) is 0 Å². The molecular weight excluding hydrogens is 256 g/mol. The third kappa shape index (κ3) is 3.44. The molecule has 0 aliphatic carbocycles. The quantitative estimate of drug-likeness (QED) is 0.822. The van der Waals surface area contributed by atoms with Crippen molar-refractivity contribution >= 4 is 23.5 Å². The van der Waals surface area contributed by atoms with Gasteiger partial charge in [-0.2, -0.15) is 0 Å². The highest BCUT2D eigenvalue weighted by atomic mass is 32.2. The van der Waals surface area contributed by atoms with Gasteiger partial charge in [0.1, 0.15) is 0 Å². The summed E-state index contributed by atoms with van der Waals surface area (Å²) in [7, 11) is 0. The van der Waals surface area contributed by atoms with Gasteiger partial charge in [-0.05, 0) is 57.6 Å². The van der Waals surface area contributed by atoms with Crippen LogP contribution in [0.15, 0.2) is 29.2 Å². The number of hydrogen-bond donors (Lipinski definition) is 1. The maximum Gasteiger partial charge on any atom is 0.322 e. The molecule has 1 aliphatic rings. The lowest BCUT2D eigenvalue weighted by molar-refractivity contribution is 0.133. The van der Waals surface area contributed by atoms with Crippen molar-refractivity contribution < 1.29 is 4.79 Å². The molecule has 0 bridgehead atoms. The number of piperidine rings is 1. The van der Waals surface area contributed by atoms with Gasteiger partial charge in [0.05, 0.1) is 0 Å². The van der Waals surface area contributed by atoms with E-state index in [1.807, 2.05) is 35.4 Å². The Labute approximate surface area is 119 Å². The van der Waals surface area contributed by atoms with Crippen LogP contribution in [0.4, 0.5) is 10.5 Å². The molecule has 2 atom stereocenters. The summed E-state index contributed by atoms with van der Waals surface area (Å²) < 4.78 is 0. The molecule has 1 fully saturated rings. The van der Waals surface area contributed by atoms with Gasteiger partial charge in [-0.15, -0.1) is 11.8 Å². The number of carbonyl (C=O) groups is 1. The summed E-state index contributed by atoms with van der Waals surface area (Å²) in [6, 6.07) is 8.66. The Bertz CT molecular complexity index is 440. The number of carbonyl (C=O) groups excluding carboxylic acids is 1. The fourth-order valence-corrected chi connectivity index (χ4v) is 3.17.